The van der Waals surface area contributed by atoms with Crippen molar-refractivity contribution in [1.82, 2.24) is 5.32 Å². The lowest BCUT2D eigenvalue weighted by Gasteiger charge is -2.30. The molecule has 1 aromatic carbocycles. The fourth-order valence-electron chi connectivity index (χ4n) is 2.86. The van der Waals surface area contributed by atoms with Crippen molar-refractivity contribution in [2.75, 3.05) is 18.5 Å². The zero-order valence-electron chi connectivity index (χ0n) is 13.2. The number of hydrogen-bond donors (Lipinski definition) is 3. The number of hydrogen-bond acceptors (Lipinski definition) is 3. The van der Waals surface area contributed by atoms with Gasteiger partial charge in [-0.2, -0.15) is 0 Å². The molecule has 2 amide bonds. The fourth-order valence-corrected chi connectivity index (χ4v) is 2.86. The van der Waals surface area contributed by atoms with Crippen LogP contribution in [0.4, 0.5) is 10.5 Å². The fraction of sp³-hybridized carbons (Fsp3) is 0.588. The Hall–Kier alpha value is -1.59. The van der Waals surface area contributed by atoms with Gasteiger partial charge in [0.05, 0.1) is 6.61 Å². The Kier molecular flexibility index (Phi) is 6.68. The highest BCUT2D eigenvalue weighted by Crippen LogP contribution is 2.24. The molecule has 122 valence electrons. The van der Waals surface area contributed by atoms with E-state index in [0.717, 1.165) is 36.9 Å². The Morgan fingerprint density at radius 1 is 1.27 bits per heavy atom. The topological polar surface area (TPSA) is 70.6 Å². The number of carbonyl (C=O) groups is 1. The van der Waals surface area contributed by atoms with Crippen LogP contribution in [-0.4, -0.2) is 30.4 Å². The first kappa shape index (κ1) is 16.8. The summed E-state index contributed by atoms with van der Waals surface area (Å²) >= 11 is 0. The minimum Gasteiger partial charge on any atom is -0.396 e. The Bertz CT molecular complexity index is 461. The largest absolute Gasteiger partial charge is 0.396 e. The number of aliphatic hydroxyl groups is 1. The predicted octanol–water partition coefficient (Wildman–Crippen LogP) is 2.90. The van der Waals surface area contributed by atoms with Crippen LogP contribution in [0.1, 0.15) is 38.2 Å². The SMILES string of the molecule is CCOCc1ccc(NC(=O)N[C@@H]2CCCC[C@H]2CO)cc1. The van der Waals surface area contributed by atoms with Gasteiger partial charge in [0.25, 0.3) is 0 Å². The lowest BCUT2D eigenvalue weighted by atomic mass is 9.85. The monoisotopic (exact) mass is 306 g/mol. The smallest absolute Gasteiger partial charge is 0.319 e. The van der Waals surface area contributed by atoms with Crippen LogP contribution in [-0.2, 0) is 11.3 Å². The van der Waals surface area contributed by atoms with Gasteiger partial charge in [-0.15, -0.1) is 0 Å². The van der Waals surface area contributed by atoms with Crippen LogP contribution >= 0.6 is 0 Å². The van der Waals surface area contributed by atoms with Crippen molar-refractivity contribution in [2.24, 2.45) is 5.92 Å². The molecule has 2 rings (SSSR count). The molecule has 0 unspecified atom stereocenters. The summed E-state index contributed by atoms with van der Waals surface area (Å²) in [5.74, 6) is 0.174. The second-order valence-electron chi connectivity index (χ2n) is 5.77. The molecule has 0 aromatic heterocycles. The van der Waals surface area contributed by atoms with Crippen molar-refractivity contribution in [3.8, 4) is 0 Å². The summed E-state index contributed by atoms with van der Waals surface area (Å²) in [4.78, 5) is 12.1. The summed E-state index contributed by atoms with van der Waals surface area (Å²) in [7, 11) is 0. The second kappa shape index (κ2) is 8.76. The number of carbonyl (C=O) groups excluding carboxylic acids is 1. The molecule has 1 aromatic rings. The molecule has 0 heterocycles. The molecule has 0 spiro atoms. The summed E-state index contributed by atoms with van der Waals surface area (Å²) in [5, 5.41) is 15.2. The Morgan fingerprint density at radius 3 is 2.68 bits per heavy atom. The van der Waals surface area contributed by atoms with Crippen LogP contribution in [0, 0.1) is 5.92 Å². The molecule has 1 aliphatic rings. The van der Waals surface area contributed by atoms with Crippen molar-refractivity contribution >= 4 is 11.7 Å². The Labute approximate surface area is 132 Å². The van der Waals surface area contributed by atoms with E-state index in [1.165, 1.54) is 0 Å². The van der Waals surface area contributed by atoms with Gasteiger partial charge in [0.1, 0.15) is 0 Å². The molecular weight excluding hydrogens is 280 g/mol. The van der Waals surface area contributed by atoms with Crippen molar-refractivity contribution in [3.05, 3.63) is 29.8 Å². The van der Waals surface area contributed by atoms with Gasteiger partial charge in [-0.05, 0) is 37.5 Å². The third-order valence-corrected chi connectivity index (χ3v) is 4.14. The van der Waals surface area contributed by atoms with Crippen LogP contribution in [0.2, 0.25) is 0 Å². The highest BCUT2D eigenvalue weighted by Gasteiger charge is 2.25. The number of ether oxygens (including phenoxy) is 1. The van der Waals surface area contributed by atoms with Crippen molar-refractivity contribution < 1.29 is 14.6 Å². The maximum absolute atomic E-state index is 12.1. The third-order valence-electron chi connectivity index (χ3n) is 4.14. The number of anilines is 1. The van der Waals surface area contributed by atoms with E-state index in [9.17, 15) is 9.90 Å². The summed E-state index contributed by atoms with van der Waals surface area (Å²) in [6.45, 7) is 3.38. The van der Waals surface area contributed by atoms with E-state index < -0.39 is 0 Å². The van der Waals surface area contributed by atoms with E-state index in [-0.39, 0.29) is 24.6 Å². The molecule has 0 saturated heterocycles. The Morgan fingerprint density at radius 2 is 2.00 bits per heavy atom. The molecule has 0 bridgehead atoms. The molecule has 1 aliphatic carbocycles. The number of benzene rings is 1. The van der Waals surface area contributed by atoms with E-state index in [0.29, 0.717) is 13.2 Å². The van der Waals surface area contributed by atoms with E-state index in [1.54, 1.807) is 0 Å². The van der Waals surface area contributed by atoms with Crippen molar-refractivity contribution in [2.45, 2.75) is 45.3 Å². The lowest BCUT2D eigenvalue weighted by Crippen LogP contribution is -2.45. The molecule has 2 atom stereocenters. The minimum atomic E-state index is -0.206. The number of aliphatic hydroxyl groups excluding tert-OH is 1. The molecule has 1 fully saturated rings. The summed E-state index contributed by atoms with van der Waals surface area (Å²) < 4.78 is 5.34. The normalized spacial score (nSPS) is 21.4. The first-order chi connectivity index (χ1) is 10.7. The van der Waals surface area contributed by atoms with Gasteiger partial charge in [0.2, 0.25) is 0 Å². The summed E-state index contributed by atoms with van der Waals surface area (Å²) in [5.41, 5.74) is 1.84. The molecule has 5 heteroatoms. The van der Waals surface area contributed by atoms with E-state index >= 15 is 0 Å². The predicted molar refractivity (Wildman–Crippen MR) is 86.8 cm³/mol. The average molecular weight is 306 g/mol. The third kappa shape index (κ3) is 5.00. The van der Waals surface area contributed by atoms with Gasteiger partial charge in [-0.25, -0.2) is 4.79 Å². The van der Waals surface area contributed by atoms with Gasteiger partial charge in [0, 0.05) is 30.9 Å². The zero-order valence-corrected chi connectivity index (χ0v) is 13.2. The number of amides is 2. The maximum Gasteiger partial charge on any atom is 0.319 e. The van der Waals surface area contributed by atoms with E-state index in [4.69, 9.17) is 4.74 Å². The van der Waals surface area contributed by atoms with Gasteiger partial charge < -0.3 is 20.5 Å². The number of urea groups is 1. The quantitative estimate of drug-likeness (QED) is 0.757. The Balaban J connectivity index is 1.83. The molecule has 0 radical (unpaired) electrons. The van der Waals surface area contributed by atoms with Gasteiger partial charge >= 0.3 is 6.03 Å². The number of rotatable bonds is 6. The lowest BCUT2D eigenvalue weighted by molar-refractivity contribution is 0.134. The highest BCUT2D eigenvalue weighted by molar-refractivity contribution is 5.89. The van der Waals surface area contributed by atoms with E-state index in [1.807, 2.05) is 31.2 Å². The summed E-state index contributed by atoms with van der Waals surface area (Å²) in [6, 6.07) is 7.50. The first-order valence-electron chi connectivity index (χ1n) is 8.08. The molecule has 5 nitrogen and oxygen atoms in total. The van der Waals surface area contributed by atoms with Gasteiger partial charge in [-0.3, -0.25) is 0 Å². The van der Waals surface area contributed by atoms with Crippen LogP contribution in [0.25, 0.3) is 0 Å². The van der Waals surface area contributed by atoms with Crippen LogP contribution in [0.15, 0.2) is 24.3 Å². The molecule has 1 saturated carbocycles. The van der Waals surface area contributed by atoms with E-state index in [2.05, 4.69) is 10.6 Å². The highest BCUT2D eigenvalue weighted by atomic mass is 16.5. The summed E-state index contributed by atoms with van der Waals surface area (Å²) in [6.07, 6.45) is 4.15. The van der Waals surface area contributed by atoms with Gasteiger partial charge in [-0.1, -0.05) is 25.0 Å². The molecular formula is C17H26N2O3. The second-order valence-corrected chi connectivity index (χ2v) is 5.77. The van der Waals surface area contributed by atoms with Crippen molar-refractivity contribution in [3.63, 3.8) is 0 Å². The first-order valence-corrected chi connectivity index (χ1v) is 8.08. The molecule has 22 heavy (non-hydrogen) atoms. The standard InChI is InChI=1S/C17H26N2O3/c1-2-22-12-13-7-9-15(10-8-13)18-17(21)19-16-6-4-3-5-14(16)11-20/h7-10,14,16,20H,2-6,11-12H2,1H3,(H2,18,19,21)/t14-,16+/m0/s1. The molecule has 3 N–H and O–H groups in total. The zero-order chi connectivity index (χ0) is 15.8. The average Bonchev–Trinajstić information content (AvgIpc) is 2.54. The number of nitrogens with one attached hydrogen (secondary N) is 2. The van der Waals surface area contributed by atoms with Gasteiger partial charge in [0.15, 0.2) is 0 Å². The van der Waals surface area contributed by atoms with Crippen LogP contribution < -0.4 is 10.6 Å². The van der Waals surface area contributed by atoms with Crippen LogP contribution in [0.5, 0.6) is 0 Å². The van der Waals surface area contributed by atoms with Crippen LogP contribution in [0.3, 0.4) is 0 Å². The van der Waals surface area contributed by atoms with Crippen molar-refractivity contribution in [1.29, 1.82) is 0 Å². The molecule has 0 aliphatic heterocycles. The maximum atomic E-state index is 12.1. The minimum absolute atomic E-state index is 0.0657.